The summed E-state index contributed by atoms with van der Waals surface area (Å²) in [6.45, 7) is 5.58. The van der Waals surface area contributed by atoms with Gasteiger partial charge in [0.1, 0.15) is 11.4 Å². The van der Waals surface area contributed by atoms with Gasteiger partial charge in [0, 0.05) is 17.6 Å². The number of phenolic OH excluding ortho intramolecular Hbond substituents is 1. The lowest BCUT2D eigenvalue weighted by Gasteiger charge is -2.23. The van der Waals surface area contributed by atoms with E-state index in [2.05, 4.69) is 5.32 Å². The molecule has 0 bridgehead atoms. The summed E-state index contributed by atoms with van der Waals surface area (Å²) in [6.07, 6.45) is -0.156. The van der Waals surface area contributed by atoms with Gasteiger partial charge in [0.25, 0.3) is 0 Å². The molecule has 1 atom stereocenters. The molecule has 112 valence electrons. The lowest BCUT2D eigenvalue weighted by Crippen LogP contribution is -2.44. The molecule has 1 aromatic carbocycles. The zero-order chi connectivity index (χ0) is 15.3. The summed E-state index contributed by atoms with van der Waals surface area (Å²) in [5.74, 6) is 0.124. The van der Waals surface area contributed by atoms with Crippen molar-refractivity contribution in [3.8, 4) is 5.75 Å². The minimum Gasteiger partial charge on any atom is -0.508 e. The van der Waals surface area contributed by atoms with Gasteiger partial charge < -0.3 is 20.9 Å². The Morgan fingerprint density at radius 3 is 2.70 bits per heavy atom. The number of hydrogen-bond donors (Lipinski definition) is 3. The molecule has 1 unspecified atom stereocenters. The van der Waals surface area contributed by atoms with E-state index >= 15 is 0 Å². The molecule has 0 aliphatic rings. The van der Waals surface area contributed by atoms with Crippen LogP contribution >= 0.6 is 11.6 Å². The molecule has 0 fully saturated rings. The van der Waals surface area contributed by atoms with Crippen LogP contribution in [0.5, 0.6) is 5.75 Å². The van der Waals surface area contributed by atoms with Crippen LogP contribution in [0, 0.1) is 0 Å². The van der Waals surface area contributed by atoms with Crippen molar-refractivity contribution < 1.29 is 14.6 Å². The van der Waals surface area contributed by atoms with E-state index in [1.165, 1.54) is 6.07 Å². The van der Waals surface area contributed by atoms with Gasteiger partial charge in [-0.25, -0.2) is 4.79 Å². The molecular weight excluding hydrogens is 280 g/mol. The van der Waals surface area contributed by atoms with E-state index in [1.807, 2.05) is 0 Å². The van der Waals surface area contributed by atoms with Gasteiger partial charge in [-0.1, -0.05) is 11.6 Å². The predicted octanol–water partition coefficient (Wildman–Crippen LogP) is 2.44. The highest BCUT2D eigenvalue weighted by atomic mass is 35.5. The lowest BCUT2D eigenvalue weighted by molar-refractivity contribution is 0.0505. The molecule has 1 aromatic rings. The van der Waals surface area contributed by atoms with E-state index in [0.717, 1.165) is 0 Å². The van der Waals surface area contributed by atoms with Crippen molar-refractivity contribution in [3.05, 3.63) is 28.8 Å². The van der Waals surface area contributed by atoms with Crippen LogP contribution < -0.4 is 11.1 Å². The summed E-state index contributed by atoms with van der Waals surface area (Å²) >= 11 is 5.88. The van der Waals surface area contributed by atoms with Crippen LogP contribution in [-0.4, -0.2) is 29.4 Å². The van der Waals surface area contributed by atoms with E-state index in [-0.39, 0.29) is 18.3 Å². The first-order valence-corrected chi connectivity index (χ1v) is 6.76. The van der Waals surface area contributed by atoms with Gasteiger partial charge in [-0.3, -0.25) is 0 Å². The van der Waals surface area contributed by atoms with Crippen LogP contribution in [0.3, 0.4) is 0 Å². The van der Waals surface area contributed by atoms with Crippen molar-refractivity contribution in [2.24, 2.45) is 5.73 Å². The summed E-state index contributed by atoms with van der Waals surface area (Å²) < 4.78 is 5.17. The van der Waals surface area contributed by atoms with E-state index in [1.54, 1.807) is 32.9 Å². The van der Waals surface area contributed by atoms with Gasteiger partial charge in [-0.05, 0) is 51.0 Å². The van der Waals surface area contributed by atoms with Crippen molar-refractivity contribution in [2.75, 3.05) is 6.54 Å². The number of nitrogens with one attached hydrogen (secondary N) is 1. The fraction of sp³-hybridized carbons (Fsp3) is 0.500. The minimum absolute atomic E-state index is 0.124. The Hall–Kier alpha value is -1.46. The highest BCUT2D eigenvalue weighted by Gasteiger charge is 2.19. The predicted molar refractivity (Wildman–Crippen MR) is 79.0 cm³/mol. The summed E-state index contributed by atoms with van der Waals surface area (Å²) in [6, 6.07) is 4.42. The summed E-state index contributed by atoms with van der Waals surface area (Å²) in [4.78, 5) is 11.7. The number of nitrogens with two attached hydrogens (primary N) is 1. The molecule has 1 rings (SSSR count). The zero-order valence-electron chi connectivity index (χ0n) is 11.9. The number of aromatic hydroxyl groups is 1. The topological polar surface area (TPSA) is 84.6 Å². The number of ether oxygens (including phenoxy) is 1. The van der Waals surface area contributed by atoms with Crippen LogP contribution in [0.2, 0.25) is 5.02 Å². The molecule has 0 saturated carbocycles. The SMILES string of the molecule is CC(C)(C)OC(=O)NC(CN)Cc1cc(Cl)ccc1O. The molecule has 0 heterocycles. The van der Waals surface area contributed by atoms with Gasteiger partial charge >= 0.3 is 6.09 Å². The van der Waals surface area contributed by atoms with Crippen LogP contribution in [0.4, 0.5) is 4.79 Å². The Kier molecular flexibility index (Phi) is 5.65. The molecule has 6 heteroatoms. The maximum Gasteiger partial charge on any atom is 0.407 e. The summed E-state index contributed by atoms with van der Waals surface area (Å²) in [7, 11) is 0. The first-order valence-electron chi connectivity index (χ1n) is 6.38. The first kappa shape index (κ1) is 16.6. The second-order valence-corrected chi connectivity index (χ2v) is 5.99. The Bertz CT molecular complexity index is 472. The van der Waals surface area contributed by atoms with Crippen molar-refractivity contribution in [1.82, 2.24) is 5.32 Å². The molecule has 0 radical (unpaired) electrons. The third-order valence-corrected chi connectivity index (χ3v) is 2.75. The number of carbonyl (C=O) groups is 1. The average Bonchev–Trinajstić information content (AvgIpc) is 2.30. The average molecular weight is 301 g/mol. The monoisotopic (exact) mass is 300 g/mol. The van der Waals surface area contributed by atoms with E-state index < -0.39 is 11.7 Å². The van der Waals surface area contributed by atoms with Crippen LogP contribution in [0.25, 0.3) is 0 Å². The third-order valence-electron chi connectivity index (χ3n) is 2.51. The standard InChI is InChI=1S/C14H21ClN2O3/c1-14(2,3)20-13(19)17-11(8-16)7-9-6-10(15)4-5-12(9)18/h4-6,11,18H,7-8,16H2,1-3H3,(H,17,19). The molecule has 20 heavy (non-hydrogen) atoms. The zero-order valence-corrected chi connectivity index (χ0v) is 12.7. The summed E-state index contributed by atoms with van der Waals surface area (Å²) in [5, 5.41) is 13.0. The van der Waals surface area contributed by atoms with Gasteiger partial charge in [0.2, 0.25) is 0 Å². The number of phenols is 1. The number of halogens is 1. The van der Waals surface area contributed by atoms with E-state index in [0.29, 0.717) is 17.0 Å². The smallest absolute Gasteiger partial charge is 0.407 e. The molecule has 0 spiro atoms. The first-order chi connectivity index (χ1) is 9.21. The molecular formula is C14H21ClN2O3. The quantitative estimate of drug-likeness (QED) is 0.797. The van der Waals surface area contributed by atoms with Crippen LogP contribution in [0.1, 0.15) is 26.3 Å². The molecule has 1 amide bonds. The molecule has 0 saturated heterocycles. The number of hydrogen-bond acceptors (Lipinski definition) is 4. The number of rotatable bonds is 4. The molecule has 0 aliphatic heterocycles. The normalized spacial score (nSPS) is 12.8. The minimum atomic E-state index is -0.568. The van der Waals surface area contributed by atoms with Gasteiger partial charge in [0.05, 0.1) is 0 Å². The largest absolute Gasteiger partial charge is 0.508 e. The van der Waals surface area contributed by atoms with Crippen molar-refractivity contribution in [2.45, 2.75) is 38.8 Å². The van der Waals surface area contributed by atoms with Crippen molar-refractivity contribution in [1.29, 1.82) is 0 Å². The third kappa shape index (κ3) is 5.67. The van der Waals surface area contributed by atoms with E-state index in [9.17, 15) is 9.90 Å². The maximum atomic E-state index is 11.7. The Balaban J connectivity index is 2.68. The number of benzene rings is 1. The van der Waals surface area contributed by atoms with Crippen LogP contribution in [0.15, 0.2) is 18.2 Å². The molecule has 4 N–H and O–H groups in total. The van der Waals surface area contributed by atoms with Gasteiger partial charge in [-0.15, -0.1) is 0 Å². The van der Waals surface area contributed by atoms with Crippen molar-refractivity contribution >= 4 is 17.7 Å². The maximum absolute atomic E-state index is 11.7. The van der Waals surface area contributed by atoms with Crippen molar-refractivity contribution in [3.63, 3.8) is 0 Å². The Morgan fingerprint density at radius 1 is 1.50 bits per heavy atom. The highest BCUT2D eigenvalue weighted by molar-refractivity contribution is 6.30. The second kappa shape index (κ2) is 6.81. The van der Waals surface area contributed by atoms with Gasteiger partial charge in [0.15, 0.2) is 0 Å². The number of carbonyl (C=O) groups excluding carboxylic acids is 1. The fourth-order valence-electron chi connectivity index (χ4n) is 1.65. The molecule has 0 aromatic heterocycles. The number of amides is 1. The highest BCUT2D eigenvalue weighted by Crippen LogP contribution is 2.22. The molecule has 5 nitrogen and oxygen atoms in total. The second-order valence-electron chi connectivity index (χ2n) is 5.56. The van der Waals surface area contributed by atoms with Crippen LogP contribution in [-0.2, 0) is 11.2 Å². The summed E-state index contributed by atoms with van der Waals surface area (Å²) in [5.41, 5.74) is 5.70. The Labute approximate surface area is 124 Å². The number of alkyl carbamates (subject to hydrolysis) is 1. The lowest BCUT2D eigenvalue weighted by atomic mass is 10.1. The molecule has 0 aliphatic carbocycles. The Morgan fingerprint density at radius 2 is 2.15 bits per heavy atom. The van der Waals surface area contributed by atoms with E-state index in [4.69, 9.17) is 22.1 Å². The van der Waals surface area contributed by atoms with Gasteiger partial charge in [-0.2, -0.15) is 0 Å². The fourth-order valence-corrected chi connectivity index (χ4v) is 1.85.